The highest BCUT2D eigenvalue weighted by molar-refractivity contribution is 6.11. The fourth-order valence-corrected chi connectivity index (χ4v) is 2.98. The molecule has 3 rings (SSSR count). The van der Waals surface area contributed by atoms with Crippen LogP contribution in [0.25, 0.3) is 27.9 Å². The first kappa shape index (κ1) is 16.5. The van der Waals surface area contributed by atoms with Crippen molar-refractivity contribution in [2.75, 3.05) is 0 Å². The number of carboxylic acids is 1. The van der Waals surface area contributed by atoms with Crippen LogP contribution in [0.5, 0.6) is 5.75 Å². The average Bonchev–Trinajstić information content (AvgIpc) is 2.57. The Balaban J connectivity index is 2.50. The maximum Gasteiger partial charge on any atom is 0.335 e. The normalized spacial score (nSPS) is 12.7. The Kier molecular flexibility index (Phi) is 4.15. The summed E-state index contributed by atoms with van der Waals surface area (Å²) in [6.45, 7) is 3.41. The molecule has 0 spiro atoms. The molecule has 126 valence electrons. The Morgan fingerprint density at radius 2 is 1.84 bits per heavy atom. The second kappa shape index (κ2) is 6.28. The lowest BCUT2D eigenvalue weighted by atomic mass is 9.89. The van der Waals surface area contributed by atoms with E-state index in [0.717, 1.165) is 0 Å². The summed E-state index contributed by atoms with van der Waals surface area (Å²) >= 11 is 0. The van der Waals surface area contributed by atoms with E-state index in [4.69, 9.17) is 4.42 Å². The summed E-state index contributed by atoms with van der Waals surface area (Å²) in [5.74, 6) is -0.691. The maximum absolute atomic E-state index is 11.7. The molecule has 0 aromatic heterocycles. The van der Waals surface area contributed by atoms with Crippen LogP contribution in [-0.4, -0.2) is 16.2 Å². The summed E-state index contributed by atoms with van der Waals surface area (Å²) in [6.07, 6.45) is 3.25. The molecule has 0 unspecified atom stereocenters. The largest absolute Gasteiger partial charge is 0.508 e. The molecule has 1 aliphatic carbocycles. The van der Waals surface area contributed by atoms with Crippen LogP contribution in [0.15, 0.2) is 63.3 Å². The number of carboxylic acid groups (broad SMARTS) is 1. The molecule has 2 N–H and O–H groups in total. The summed E-state index contributed by atoms with van der Waals surface area (Å²) in [5.41, 5.74) is 2.10. The zero-order chi connectivity index (χ0) is 18.1. The number of allylic oxidation sites excluding steroid dienone is 2. The van der Waals surface area contributed by atoms with Crippen LogP contribution in [-0.2, 0) is 4.79 Å². The summed E-state index contributed by atoms with van der Waals surface area (Å²) in [7, 11) is 0. The number of hydrogen-bond acceptors (Lipinski definition) is 4. The zero-order valence-electron chi connectivity index (χ0n) is 13.7. The summed E-state index contributed by atoms with van der Waals surface area (Å²) < 4.78 is 5.76. The molecule has 2 aliphatic rings. The fraction of sp³-hybridized carbons (Fsp3) is 0.100. The van der Waals surface area contributed by atoms with E-state index in [0.29, 0.717) is 33.4 Å². The van der Waals surface area contributed by atoms with Gasteiger partial charge in [-0.15, -0.1) is 0 Å². The number of aliphatic carboxylic acids is 1. The Morgan fingerprint density at radius 1 is 1.08 bits per heavy atom. The molecule has 1 aromatic carbocycles. The third-order valence-corrected chi connectivity index (χ3v) is 4.04. The summed E-state index contributed by atoms with van der Waals surface area (Å²) in [5, 5.41) is 19.9. The first-order valence-electron chi connectivity index (χ1n) is 7.72. The molecule has 0 fully saturated rings. The topological polar surface area (TPSA) is 87.7 Å². The first-order chi connectivity index (χ1) is 12.0. The Bertz CT molecular complexity index is 1070. The minimum absolute atomic E-state index is 0.0198. The number of aromatic hydroxyl groups is 1. The van der Waals surface area contributed by atoms with Gasteiger partial charge in [0.15, 0.2) is 5.43 Å². The molecule has 0 amide bonds. The molecule has 25 heavy (non-hydrogen) atoms. The Labute approximate surface area is 143 Å². The predicted molar refractivity (Wildman–Crippen MR) is 95.8 cm³/mol. The zero-order valence-corrected chi connectivity index (χ0v) is 13.7. The van der Waals surface area contributed by atoms with Crippen molar-refractivity contribution in [2.24, 2.45) is 0 Å². The number of phenolic OH excluding ortho intramolecular Hbond substituents is 1. The smallest absolute Gasteiger partial charge is 0.335 e. The molecule has 1 aliphatic heterocycles. The van der Waals surface area contributed by atoms with Gasteiger partial charge in [-0.1, -0.05) is 12.2 Å². The van der Waals surface area contributed by atoms with E-state index in [-0.39, 0.29) is 16.8 Å². The SMILES string of the molecule is C/C=C(\C(=C/C)C(=O)O)c1c2ccc(=O)cc-2oc2cc(O)ccc12. The van der Waals surface area contributed by atoms with Crippen molar-refractivity contribution < 1.29 is 19.4 Å². The lowest BCUT2D eigenvalue weighted by Crippen LogP contribution is -2.06. The van der Waals surface area contributed by atoms with Gasteiger partial charge in [-0.05, 0) is 43.7 Å². The van der Waals surface area contributed by atoms with Gasteiger partial charge in [-0.2, -0.15) is 0 Å². The van der Waals surface area contributed by atoms with Gasteiger partial charge in [0, 0.05) is 28.6 Å². The molecule has 0 bridgehead atoms. The van der Waals surface area contributed by atoms with E-state index < -0.39 is 5.97 Å². The van der Waals surface area contributed by atoms with Gasteiger partial charge in [0.25, 0.3) is 0 Å². The van der Waals surface area contributed by atoms with Crippen LogP contribution in [0.3, 0.4) is 0 Å². The van der Waals surface area contributed by atoms with Crippen LogP contribution in [0.4, 0.5) is 0 Å². The van der Waals surface area contributed by atoms with Gasteiger partial charge in [0.2, 0.25) is 0 Å². The number of fused-ring (bicyclic) bond motifs is 2. The van der Waals surface area contributed by atoms with Crippen LogP contribution >= 0.6 is 0 Å². The van der Waals surface area contributed by atoms with Gasteiger partial charge in [0.05, 0.1) is 5.57 Å². The van der Waals surface area contributed by atoms with Crippen LogP contribution in [0.1, 0.15) is 19.4 Å². The molecule has 5 nitrogen and oxygen atoms in total. The molecular formula is C20H16O5. The molecule has 0 saturated carbocycles. The minimum atomic E-state index is -1.04. The van der Waals surface area contributed by atoms with Gasteiger partial charge in [0.1, 0.15) is 17.1 Å². The number of rotatable bonds is 3. The van der Waals surface area contributed by atoms with Crippen molar-refractivity contribution in [3.63, 3.8) is 0 Å². The highest BCUT2D eigenvalue weighted by Gasteiger charge is 2.23. The van der Waals surface area contributed by atoms with Gasteiger partial charge < -0.3 is 14.6 Å². The Hall–Kier alpha value is -3.34. The number of benzene rings is 2. The maximum atomic E-state index is 11.7. The molecule has 0 atom stereocenters. The van der Waals surface area contributed by atoms with Crippen molar-refractivity contribution in [1.82, 2.24) is 0 Å². The second-order valence-electron chi connectivity index (χ2n) is 5.53. The second-order valence-corrected chi connectivity index (χ2v) is 5.53. The monoisotopic (exact) mass is 336 g/mol. The van der Waals surface area contributed by atoms with E-state index in [2.05, 4.69) is 0 Å². The van der Waals surface area contributed by atoms with Crippen LogP contribution in [0.2, 0.25) is 0 Å². The van der Waals surface area contributed by atoms with Crippen molar-refractivity contribution in [1.29, 1.82) is 0 Å². The molecule has 0 saturated heterocycles. The van der Waals surface area contributed by atoms with E-state index >= 15 is 0 Å². The lowest BCUT2D eigenvalue weighted by Gasteiger charge is -2.17. The molecule has 0 radical (unpaired) electrons. The van der Waals surface area contributed by atoms with E-state index in [9.17, 15) is 19.8 Å². The standard InChI is InChI=1S/C20H16O5/c1-3-13(14(4-2)20(23)24)19-15-7-5-11(21)9-17(15)25-18-10-12(22)6-8-16(18)19/h3-10,21H,1-2H3,(H,23,24)/b13-3+,14-4+. The van der Waals surface area contributed by atoms with Crippen molar-refractivity contribution in [3.8, 4) is 17.1 Å². The fourth-order valence-electron chi connectivity index (χ4n) is 2.98. The van der Waals surface area contributed by atoms with Gasteiger partial charge >= 0.3 is 5.97 Å². The minimum Gasteiger partial charge on any atom is -0.508 e. The highest BCUT2D eigenvalue weighted by Crippen LogP contribution is 2.40. The lowest BCUT2D eigenvalue weighted by molar-refractivity contribution is -0.132. The number of phenols is 1. The Morgan fingerprint density at radius 3 is 2.48 bits per heavy atom. The van der Waals surface area contributed by atoms with Crippen LogP contribution in [0, 0.1) is 0 Å². The number of carbonyl (C=O) groups is 1. The third kappa shape index (κ3) is 2.80. The molecule has 1 aromatic rings. The van der Waals surface area contributed by atoms with Gasteiger partial charge in [-0.3, -0.25) is 4.79 Å². The summed E-state index contributed by atoms with van der Waals surface area (Å²) in [4.78, 5) is 23.4. The predicted octanol–water partition coefficient (Wildman–Crippen LogP) is 4.04. The first-order valence-corrected chi connectivity index (χ1v) is 7.72. The van der Waals surface area contributed by atoms with Crippen molar-refractivity contribution in [3.05, 3.63) is 69.9 Å². The van der Waals surface area contributed by atoms with Gasteiger partial charge in [-0.25, -0.2) is 4.79 Å². The molecule has 5 heteroatoms. The van der Waals surface area contributed by atoms with E-state index in [1.54, 1.807) is 32.1 Å². The van der Waals surface area contributed by atoms with E-state index in [1.165, 1.54) is 30.3 Å². The van der Waals surface area contributed by atoms with Crippen molar-refractivity contribution >= 4 is 22.5 Å². The van der Waals surface area contributed by atoms with E-state index in [1.807, 2.05) is 0 Å². The highest BCUT2D eigenvalue weighted by atomic mass is 16.4. The average molecular weight is 336 g/mol. The molecular weight excluding hydrogens is 320 g/mol. The van der Waals surface area contributed by atoms with Crippen LogP contribution < -0.4 is 5.43 Å². The summed E-state index contributed by atoms with van der Waals surface area (Å²) in [6, 6.07) is 9.02. The quantitative estimate of drug-likeness (QED) is 0.428. The number of hydrogen-bond donors (Lipinski definition) is 2. The third-order valence-electron chi connectivity index (χ3n) is 4.04. The van der Waals surface area contributed by atoms with Crippen molar-refractivity contribution in [2.45, 2.75) is 13.8 Å². The molecule has 1 heterocycles.